The fraction of sp³-hybridized carbons (Fsp3) is 0.500. The topological polar surface area (TPSA) is 119 Å². The van der Waals surface area contributed by atoms with Crippen LogP contribution in [-0.4, -0.2) is 36.5 Å². The minimum atomic E-state index is -3.75. The normalized spacial score (nSPS) is 20.5. The zero-order valence-corrected chi connectivity index (χ0v) is 9.99. The van der Waals surface area contributed by atoms with Crippen LogP contribution >= 0.6 is 0 Å². The van der Waals surface area contributed by atoms with Crippen molar-refractivity contribution in [3.63, 3.8) is 0 Å². The van der Waals surface area contributed by atoms with Gasteiger partial charge < -0.3 is 15.6 Å². The summed E-state index contributed by atoms with van der Waals surface area (Å²) in [5, 5.41) is 2.46. The number of hydrogen-bond donors (Lipinski definition) is 3. The van der Waals surface area contributed by atoms with E-state index in [1.165, 1.54) is 17.9 Å². The van der Waals surface area contributed by atoms with Crippen molar-refractivity contribution in [1.29, 1.82) is 0 Å². The van der Waals surface area contributed by atoms with Gasteiger partial charge in [0, 0.05) is 26.1 Å². The van der Waals surface area contributed by atoms with Crippen molar-refractivity contribution in [1.82, 2.24) is 19.6 Å². The molecule has 0 aromatic carbocycles. The highest BCUT2D eigenvalue weighted by molar-refractivity contribution is 7.89. The summed E-state index contributed by atoms with van der Waals surface area (Å²) in [6, 6.07) is -0.443. The Kier molecular flexibility index (Phi) is 2.79. The highest BCUT2D eigenvalue weighted by atomic mass is 32.2. The molecular formula is C8H13N5O3S. The predicted octanol–water partition coefficient (Wildman–Crippen LogP) is -1.83. The molecule has 1 fully saturated rings. The number of carbonyl (C=O) groups is 1. The fourth-order valence-corrected chi connectivity index (χ4v) is 3.20. The minimum Gasteiger partial charge on any atom is -0.381 e. The average molecular weight is 259 g/mol. The standard InChI is InChI=1S/C8H13N5O3S/c1-13-4-11-7(9)8(13)17(15,16)12-5-2-6(14)10-3-5/h4-5,12H,2-3,9H2,1H3,(H,10,14). The molecule has 1 aromatic rings. The van der Waals surface area contributed by atoms with Crippen molar-refractivity contribution in [3.8, 4) is 0 Å². The highest BCUT2D eigenvalue weighted by Gasteiger charge is 2.29. The van der Waals surface area contributed by atoms with Crippen LogP contribution < -0.4 is 15.8 Å². The number of amides is 1. The molecule has 0 bridgehead atoms. The summed E-state index contributed by atoms with van der Waals surface area (Å²) in [5.74, 6) is -0.229. The number of aryl methyl sites for hydroxylation is 1. The molecule has 0 saturated carbocycles. The number of sulfonamides is 1. The number of carbonyl (C=O) groups excluding carboxylic acids is 1. The monoisotopic (exact) mass is 259 g/mol. The Morgan fingerprint density at radius 2 is 2.35 bits per heavy atom. The van der Waals surface area contributed by atoms with Gasteiger partial charge in [-0.15, -0.1) is 0 Å². The molecule has 1 unspecified atom stereocenters. The summed E-state index contributed by atoms with van der Waals surface area (Å²) in [4.78, 5) is 14.7. The molecule has 17 heavy (non-hydrogen) atoms. The molecule has 0 radical (unpaired) electrons. The van der Waals surface area contributed by atoms with E-state index in [-0.39, 0.29) is 29.7 Å². The van der Waals surface area contributed by atoms with Gasteiger partial charge >= 0.3 is 0 Å². The van der Waals surface area contributed by atoms with Crippen LogP contribution in [0.5, 0.6) is 0 Å². The van der Waals surface area contributed by atoms with Gasteiger partial charge in [0.15, 0.2) is 10.8 Å². The van der Waals surface area contributed by atoms with Crippen molar-refractivity contribution in [2.24, 2.45) is 7.05 Å². The second kappa shape index (κ2) is 4.00. The third-order valence-corrected chi connectivity index (χ3v) is 4.11. The molecule has 0 spiro atoms. The lowest BCUT2D eigenvalue weighted by molar-refractivity contribution is -0.119. The maximum atomic E-state index is 12.0. The largest absolute Gasteiger partial charge is 0.381 e. The van der Waals surface area contributed by atoms with Gasteiger partial charge in [-0.2, -0.15) is 0 Å². The number of anilines is 1. The molecule has 1 atom stereocenters. The van der Waals surface area contributed by atoms with Gasteiger partial charge in [0.2, 0.25) is 5.91 Å². The first-order valence-electron chi connectivity index (χ1n) is 4.96. The number of aromatic nitrogens is 2. The van der Waals surface area contributed by atoms with Crippen molar-refractivity contribution in [2.75, 3.05) is 12.3 Å². The number of hydrogen-bond acceptors (Lipinski definition) is 5. The predicted molar refractivity (Wildman–Crippen MR) is 59.4 cm³/mol. The number of nitrogens with two attached hydrogens (primary N) is 1. The van der Waals surface area contributed by atoms with Gasteiger partial charge in [-0.1, -0.05) is 0 Å². The van der Waals surface area contributed by atoms with Crippen LogP contribution in [-0.2, 0) is 21.9 Å². The van der Waals surface area contributed by atoms with Crippen LogP contribution in [0.4, 0.5) is 5.82 Å². The van der Waals surface area contributed by atoms with E-state index < -0.39 is 16.1 Å². The molecule has 1 saturated heterocycles. The van der Waals surface area contributed by atoms with E-state index in [1.807, 2.05) is 0 Å². The Labute approximate surface area is 98.3 Å². The summed E-state index contributed by atoms with van der Waals surface area (Å²) in [6.45, 7) is 0.288. The number of nitrogen functional groups attached to an aromatic ring is 1. The molecule has 9 heteroatoms. The number of rotatable bonds is 3. The lowest BCUT2D eigenvalue weighted by Crippen LogP contribution is -2.37. The van der Waals surface area contributed by atoms with E-state index in [1.54, 1.807) is 0 Å². The number of nitrogens with one attached hydrogen (secondary N) is 2. The summed E-state index contributed by atoms with van der Waals surface area (Å²) < 4.78 is 27.8. The Hall–Kier alpha value is -1.61. The van der Waals surface area contributed by atoms with Crippen LogP contribution in [0, 0.1) is 0 Å². The van der Waals surface area contributed by atoms with Crippen molar-refractivity contribution in [2.45, 2.75) is 17.5 Å². The SMILES string of the molecule is Cn1cnc(N)c1S(=O)(=O)NC1CNC(=O)C1. The van der Waals surface area contributed by atoms with Gasteiger partial charge in [-0.05, 0) is 0 Å². The minimum absolute atomic E-state index is 0.0581. The Morgan fingerprint density at radius 1 is 1.65 bits per heavy atom. The first kappa shape index (κ1) is 11.9. The summed E-state index contributed by atoms with van der Waals surface area (Å²) >= 11 is 0. The van der Waals surface area contributed by atoms with Crippen LogP contribution in [0.2, 0.25) is 0 Å². The third kappa shape index (κ3) is 2.24. The van der Waals surface area contributed by atoms with Gasteiger partial charge in [0.1, 0.15) is 0 Å². The first-order valence-corrected chi connectivity index (χ1v) is 6.44. The molecule has 8 nitrogen and oxygen atoms in total. The van der Waals surface area contributed by atoms with Gasteiger partial charge in [0.05, 0.1) is 6.33 Å². The fourth-order valence-electron chi connectivity index (χ4n) is 1.73. The van der Waals surface area contributed by atoms with E-state index in [9.17, 15) is 13.2 Å². The molecular weight excluding hydrogens is 246 g/mol. The maximum absolute atomic E-state index is 12.0. The van der Waals surface area contributed by atoms with Crippen molar-refractivity contribution in [3.05, 3.63) is 6.33 Å². The number of nitrogens with zero attached hydrogens (tertiary/aromatic N) is 2. The van der Waals surface area contributed by atoms with E-state index in [0.717, 1.165) is 0 Å². The Morgan fingerprint density at radius 3 is 2.82 bits per heavy atom. The highest BCUT2D eigenvalue weighted by Crippen LogP contribution is 2.16. The molecule has 4 N–H and O–H groups in total. The maximum Gasteiger partial charge on any atom is 0.260 e. The van der Waals surface area contributed by atoms with Crippen molar-refractivity contribution >= 4 is 21.7 Å². The van der Waals surface area contributed by atoms with E-state index in [4.69, 9.17) is 5.73 Å². The average Bonchev–Trinajstić information content (AvgIpc) is 2.73. The Balaban J connectivity index is 2.23. The third-order valence-electron chi connectivity index (χ3n) is 2.46. The van der Waals surface area contributed by atoms with Gasteiger partial charge in [0.25, 0.3) is 10.0 Å². The molecule has 1 aliphatic rings. The number of imidazole rings is 1. The summed E-state index contributed by atoms with van der Waals surface area (Å²) in [7, 11) is -2.21. The lowest BCUT2D eigenvalue weighted by atomic mass is 10.3. The lowest BCUT2D eigenvalue weighted by Gasteiger charge is -2.11. The zero-order chi connectivity index (χ0) is 12.6. The zero-order valence-electron chi connectivity index (χ0n) is 9.17. The van der Waals surface area contributed by atoms with Crippen LogP contribution in [0.25, 0.3) is 0 Å². The van der Waals surface area contributed by atoms with E-state index in [0.29, 0.717) is 0 Å². The van der Waals surface area contributed by atoms with E-state index in [2.05, 4.69) is 15.0 Å². The molecule has 94 valence electrons. The van der Waals surface area contributed by atoms with Gasteiger partial charge in [-0.25, -0.2) is 18.1 Å². The molecule has 0 aliphatic carbocycles. The Bertz CT molecular complexity index is 530. The van der Waals surface area contributed by atoms with E-state index >= 15 is 0 Å². The molecule has 2 heterocycles. The quantitative estimate of drug-likeness (QED) is 0.590. The smallest absolute Gasteiger partial charge is 0.260 e. The summed E-state index contributed by atoms with van der Waals surface area (Å²) in [5.41, 5.74) is 5.50. The molecule has 1 amide bonds. The second-order valence-electron chi connectivity index (χ2n) is 3.87. The van der Waals surface area contributed by atoms with Crippen LogP contribution in [0.1, 0.15) is 6.42 Å². The van der Waals surface area contributed by atoms with Crippen LogP contribution in [0.3, 0.4) is 0 Å². The first-order chi connectivity index (χ1) is 7.90. The van der Waals surface area contributed by atoms with Crippen LogP contribution in [0.15, 0.2) is 11.4 Å². The summed E-state index contributed by atoms with van der Waals surface area (Å²) in [6.07, 6.45) is 1.46. The molecule has 2 rings (SSSR count). The van der Waals surface area contributed by atoms with Crippen molar-refractivity contribution < 1.29 is 13.2 Å². The van der Waals surface area contributed by atoms with Gasteiger partial charge in [-0.3, -0.25) is 4.79 Å². The second-order valence-corrected chi connectivity index (χ2v) is 5.50. The molecule has 1 aliphatic heterocycles. The molecule has 1 aromatic heterocycles.